The van der Waals surface area contributed by atoms with Crippen molar-refractivity contribution >= 4 is 11.8 Å². The molecule has 2 amide bonds. The zero-order chi connectivity index (χ0) is 22.4. The number of nitrogens with zero attached hydrogens (tertiary/aromatic N) is 1. The highest BCUT2D eigenvalue weighted by Crippen LogP contribution is 2.25. The minimum Gasteiger partial charge on any atom is -0.491 e. The normalized spacial score (nSPS) is 17.1. The number of carbonyl (C=O) groups is 2. The second kappa shape index (κ2) is 10.2. The predicted octanol–water partition coefficient (Wildman–Crippen LogP) is 0.535. The molecule has 3 N–H and O–H groups in total. The van der Waals surface area contributed by atoms with Gasteiger partial charge in [0, 0.05) is 19.9 Å². The zero-order valence-corrected chi connectivity index (χ0v) is 17.6. The van der Waals surface area contributed by atoms with Crippen molar-refractivity contribution in [1.82, 2.24) is 15.2 Å². The molecule has 0 unspecified atom stereocenters. The monoisotopic (exact) mass is 429 g/mol. The van der Waals surface area contributed by atoms with Crippen molar-refractivity contribution in [2.45, 2.75) is 32.0 Å². The van der Waals surface area contributed by atoms with Crippen LogP contribution < -0.4 is 20.9 Å². The third-order valence-corrected chi connectivity index (χ3v) is 4.86. The minimum absolute atomic E-state index is 0.0000681. The van der Waals surface area contributed by atoms with Gasteiger partial charge in [0.15, 0.2) is 0 Å². The Hall–Kier alpha value is -3.17. The van der Waals surface area contributed by atoms with Crippen LogP contribution >= 0.6 is 0 Å². The zero-order valence-electron chi connectivity index (χ0n) is 17.6. The Bertz CT molecular complexity index is 1000. The van der Waals surface area contributed by atoms with Crippen LogP contribution in [0.1, 0.15) is 39.6 Å². The van der Waals surface area contributed by atoms with Crippen LogP contribution in [0.5, 0.6) is 5.75 Å². The average molecular weight is 429 g/mol. The first-order chi connectivity index (χ1) is 15.0. The molecule has 0 radical (unpaired) electrons. The van der Waals surface area contributed by atoms with Crippen molar-refractivity contribution in [1.29, 1.82) is 0 Å². The molecule has 1 aromatic carbocycles. The molecule has 31 heavy (non-hydrogen) atoms. The molecule has 0 saturated heterocycles. The van der Waals surface area contributed by atoms with E-state index < -0.39 is 11.5 Å². The number of nitrogens with one attached hydrogen (secondary N) is 2. The summed E-state index contributed by atoms with van der Waals surface area (Å²) in [6.07, 6.45) is 2.19. The second-order valence-corrected chi connectivity index (χ2v) is 7.18. The van der Waals surface area contributed by atoms with Crippen molar-refractivity contribution < 1.29 is 24.2 Å². The van der Waals surface area contributed by atoms with E-state index in [9.17, 15) is 14.4 Å². The Morgan fingerprint density at radius 2 is 2.06 bits per heavy atom. The number of amides is 2. The van der Waals surface area contributed by atoms with Crippen molar-refractivity contribution in [3.8, 4) is 5.75 Å². The summed E-state index contributed by atoms with van der Waals surface area (Å²) in [5.41, 5.74) is 0.348. The van der Waals surface area contributed by atoms with E-state index in [4.69, 9.17) is 14.6 Å². The quantitative estimate of drug-likeness (QED) is 0.507. The summed E-state index contributed by atoms with van der Waals surface area (Å²) in [7, 11) is 1.43. The fourth-order valence-corrected chi connectivity index (χ4v) is 3.24. The van der Waals surface area contributed by atoms with Gasteiger partial charge in [-0.05, 0) is 37.1 Å². The van der Waals surface area contributed by atoms with Gasteiger partial charge in [0.2, 0.25) is 0 Å². The summed E-state index contributed by atoms with van der Waals surface area (Å²) in [4.78, 5) is 37.8. The molecule has 0 spiro atoms. The van der Waals surface area contributed by atoms with Gasteiger partial charge in [0.25, 0.3) is 17.4 Å². The first kappa shape index (κ1) is 22.5. The van der Waals surface area contributed by atoms with Gasteiger partial charge in [0.1, 0.15) is 17.9 Å². The van der Waals surface area contributed by atoms with E-state index in [0.717, 1.165) is 12.0 Å². The van der Waals surface area contributed by atoms with E-state index in [-0.39, 0.29) is 48.9 Å². The predicted molar refractivity (Wildman–Crippen MR) is 114 cm³/mol. The van der Waals surface area contributed by atoms with Crippen molar-refractivity contribution in [2.75, 3.05) is 26.9 Å². The lowest BCUT2D eigenvalue weighted by Gasteiger charge is -2.13. The van der Waals surface area contributed by atoms with Gasteiger partial charge in [0.05, 0.1) is 30.9 Å². The summed E-state index contributed by atoms with van der Waals surface area (Å²) in [5, 5.41) is 14.2. The first-order valence-electron chi connectivity index (χ1n) is 10.2. The highest BCUT2D eigenvalue weighted by atomic mass is 16.5. The minimum atomic E-state index is -0.563. The maximum atomic E-state index is 12.9. The van der Waals surface area contributed by atoms with Crippen LogP contribution in [0.15, 0.2) is 41.3 Å². The molecule has 3 rings (SSSR count). The number of hydrogen-bond acceptors (Lipinski definition) is 6. The van der Waals surface area contributed by atoms with Crippen LogP contribution in [-0.2, 0) is 11.3 Å². The molecule has 1 aliphatic rings. The Morgan fingerprint density at radius 3 is 2.77 bits per heavy atom. The summed E-state index contributed by atoms with van der Waals surface area (Å²) in [6, 6.07) is 8.30. The van der Waals surface area contributed by atoms with Gasteiger partial charge in [-0.2, -0.15) is 0 Å². The summed E-state index contributed by atoms with van der Waals surface area (Å²) in [6.45, 7) is 2.66. The van der Waals surface area contributed by atoms with Gasteiger partial charge in [-0.1, -0.05) is 12.1 Å². The molecular weight excluding hydrogens is 402 g/mol. The van der Waals surface area contributed by atoms with Gasteiger partial charge in [-0.25, -0.2) is 0 Å². The second-order valence-electron chi connectivity index (χ2n) is 7.18. The Morgan fingerprint density at radius 1 is 1.26 bits per heavy atom. The molecule has 1 aliphatic carbocycles. The lowest BCUT2D eigenvalue weighted by Crippen LogP contribution is -2.35. The Balaban J connectivity index is 1.87. The van der Waals surface area contributed by atoms with Crippen LogP contribution in [0.25, 0.3) is 0 Å². The fourth-order valence-electron chi connectivity index (χ4n) is 3.24. The topological polar surface area (TPSA) is 119 Å². The third-order valence-electron chi connectivity index (χ3n) is 4.86. The van der Waals surface area contributed by atoms with Crippen LogP contribution in [0.4, 0.5) is 0 Å². The maximum absolute atomic E-state index is 12.9. The largest absolute Gasteiger partial charge is 0.491 e. The number of aliphatic hydroxyl groups is 1. The van der Waals surface area contributed by atoms with Gasteiger partial charge >= 0.3 is 0 Å². The lowest BCUT2D eigenvalue weighted by atomic mass is 10.1. The van der Waals surface area contributed by atoms with Crippen LogP contribution in [-0.4, -0.2) is 60.5 Å². The molecule has 166 valence electrons. The summed E-state index contributed by atoms with van der Waals surface area (Å²) >= 11 is 0. The molecular formula is C22H27N3O6. The molecule has 0 aliphatic heterocycles. The molecule has 1 fully saturated rings. The van der Waals surface area contributed by atoms with E-state index in [1.54, 1.807) is 24.3 Å². The Kier molecular flexibility index (Phi) is 7.43. The number of hydrogen-bond donors (Lipinski definition) is 3. The van der Waals surface area contributed by atoms with Gasteiger partial charge in [-0.15, -0.1) is 0 Å². The van der Waals surface area contributed by atoms with E-state index in [0.29, 0.717) is 12.4 Å². The first-order valence-corrected chi connectivity index (χ1v) is 10.2. The van der Waals surface area contributed by atoms with Crippen LogP contribution in [0.2, 0.25) is 0 Å². The third kappa shape index (κ3) is 5.71. The van der Waals surface area contributed by atoms with Crippen LogP contribution in [0.3, 0.4) is 0 Å². The van der Waals surface area contributed by atoms with Crippen molar-refractivity contribution in [2.24, 2.45) is 0 Å². The number of benzene rings is 1. The van der Waals surface area contributed by atoms with E-state index in [1.807, 2.05) is 6.92 Å². The molecule has 1 aromatic heterocycles. The molecule has 1 heterocycles. The van der Waals surface area contributed by atoms with E-state index in [2.05, 4.69) is 10.6 Å². The van der Waals surface area contributed by atoms with Gasteiger partial charge in [-0.3, -0.25) is 14.4 Å². The van der Waals surface area contributed by atoms with Crippen molar-refractivity contribution in [3.63, 3.8) is 0 Å². The number of pyridine rings is 1. The number of ether oxygens (including phenoxy) is 2. The summed E-state index contributed by atoms with van der Waals surface area (Å²) in [5.74, 6) is -0.381. The SMILES string of the molecule is CCO[C@H]1C[C@@H]1NC(=O)c1cc(C(=O)NC)c(=O)n(Cc2cccc(OCCO)c2)c1. The highest BCUT2D eigenvalue weighted by Gasteiger charge is 2.39. The fraction of sp³-hybridized carbons (Fsp3) is 0.409. The molecule has 0 bridgehead atoms. The Labute approximate surface area is 180 Å². The van der Waals surface area contributed by atoms with Gasteiger partial charge < -0.3 is 29.8 Å². The molecule has 1 saturated carbocycles. The summed E-state index contributed by atoms with van der Waals surface area (Å²) < 4.78 is 12.2. The molecule has 2 atom stereocenters. The molecule has 2 aromatic rings. The molecule has 9 heteroatoms. The smallest absolute Gasteiger partial charge is 0.263 e. The maximum Gasteiger partial charge on any atom is 0.263 e. The number of rotatable bonds is 10. The standard InChI is InChI=1S/C22H27N3O6/c1-3-30-19-11-18(19)24-20(27)15-10-17(21(28)23-2)22(29)25(13-15)12-14-5-4-6-16(9-14)31-8-7-26/h4-6,9-10,13,18-19,26H,3,7-8,11-12H2,1-2H3,(H,23,28)(H,24,27)/t18-,19-/m0/s1. The molecule has 9 nitrogen and oxygen atoms in total. The van der Waals surface area contributed by atoms with Crippen LogP contribution in [0, 0.1) is 0 Å². The highest BCUT2D eigenvalue weighted by molar-refractivity contribution is 5.99. The van der Waals surface area contributed by atoms with E-state index in [1.165, 1.54) is 23.9 Å². The van der Waals surface area contributed by atoms with E-state index >= 15 is 0 Å². The lowest BCUT2D eigenvalue weighted by molar-refractivity contribution is 0.0914. The number of aliphatic hydroxyl groups excluding tert-OH is 1. The number of carbonyl (C=O) groups excluding carboxylic acids is 2. The number of aromatic nitrogens is 1. The van der Waals surface area contributed by atoms with Crippen molar-refractivity contribution in [3.05, 3.63) is 63.6 Å². The average Bonchev–Trinajstić information content (AvgIpc) is 3.50.